The first kappa shape index (κ1) is 13.0. The Morgan fingerprint density at radius 3 is 2.76 bits per heavy atom. The summed E-state index contributed by atoms with van der Waals surface area (Å²) < 4.78 is 0. The zero-order chi connectivity index (χ0) is 12.5. The van der Waals surface area contributed by atoms with Crippen LogP contribution in [0.3, 0.4) is 0 Å². The van der Waals surface area contributed by atoms with Gasteiger partial charge in [-0.2, -0.15) is 0 Å². The molecule has 0 radical (unpaired) electrons. The van der Waals surface area contributed by atoms with Crippen molar-refractivity contribution in [2.75, 3.05) is 13.1 Å². The summed E-state index contributed by atoms with van der Waals surface area (Å²) >= 11 is 1.86. The number of nitrogens with zero attached hydrogens (tertiary/aromatic N) is 2. The Hall–Kier alpha value is -0.450. The Kier molecular flexibility index (Phi) is 3.85. The molecule has 0 fully saturated rings. The molecule has 1 aromatic heterocycles. The number of likely N-dealkylation sites (N-methyl/N-ethyl adjacent to an activating group) is 1. The molecule has 1 heterocycles. The number of aromatic nitrogens is 1. The number of fused-ring (bicyclic) bond motifs is 1. The molecule has 0 spiro atoms. The van der Waals surface area contributed by atoms with Crippen molar-refractivity contribution < 1.29 is 5.11 Å². The molecular formula is C13H22N2OS. The molecule has 1 N–H and O–H groups in total. The fourth-order valence-electron chi connectivity index (χ4n) is 2.33. The van der Waals surface area contributed by atoms with E-state index in [1.807, 2.05) is 25.2 Å². The summed E-state index contributed by atoms with van der Waals surface area (Å²) in [6.45, 7) is 8.38. The lowest BCUT2D eigenvalue weighted by Gasteiger charge is -2.27. The lowest BCUT2D eigenvalue weighted by molar-refractivity contribution is 0.0353. The van der Waals surface area contributed by atoms with Gasteiger partial charge in [-0.25, -0.2) is 4.98 Å². The van der Waals surface area contributed by atoms with Gasteiger partial charge in [0.1, 0.15) is 5.01 Å². The predicted octanol–water partition coefficient (Wildman–Crippen LogP) is 2.22. The van der Waals surface area contributed by atoms with Crippen molar-refractivity contribution in [3.05, 3.63) is 15.6 Å². The van der Waals surface area contributed by atoms with E-state index in [2.05, 4.69) is 11.8 Å². The highest BCUT2D eigenvalue weighted by atomic mass is 32.1. The SMILES string of the molecule is CCN(Cc1nc2c(s1)CCC2)CC(C)(C)O. The Labute approximate surface area is 107 Å². The summed E-state index contributed by atoms with van der Waals surface area (Å²) in [5.74, 6) is 0. The second kappa shape index (κ2) is 5.04. The van der Waals surface area contributed by atoms with E-state index < -0.39 is 5.60 Å². The van der Waals surface area contributed by atoms with Gasteiger partial charge in [0.25, 0.3) is 0 Å². The molecule has 3 nitrogen and oxygen atoms in total. The van der Waals surface area contributed by atoms with E-state index >= 15 is 0 Å². The molecule has 4 heteroatoms. The maximum absolute atomic E-state index is 9.86. The molecule has 2 rings (SSSR count). The average Bonchev–Trinajstić information content (AvgIpc) is 2.74. The molecule has 0 unspecified atom stereocenters. The van der Waals surface area contributed by atoms with Crippen LogP contribution in [-0.4, -0.2) is 33.7 Å². The van der Waals surface area contributed by atoms with Crippen molar-refractivity contribution in [1.82, 2.24) is 9.88 Å². The van der Waals surface area contributed by atoms with Gasteiger partial charge < -0.3 is 5.11 Å². The van der Waals surface area contributed by atoms with Gasteiger partial charge in [0.15, 0.2) is 0 Å². The normalized spacial score (nSPS) is 15.6. The molecule has 0 aromatic carbocycles. The first-order valence-corrected chi connectivity index (χ1v) is 7.22. The molecule has 0 saturated heterocycles. The van der Waals surface area contributed by atoms with Gasteiger partial charge in [-0.3, -0.25) is 4.90 Å². The van der Waals surface area contributed by atoms with E-state index in [1.54, 1.807) is 0 Å². The van der Waals surface area contributed by atoms with Gasteiger partial charge in [0, 0.05) is 11.4 Å². The zero-order valence-electron chi connectivity index (χ0n) is 11.0. The summed E-state index contributed by atoms with van der Waals surface area (Å²) in [4.78, 5) is 8.45. The summed E-state index contributed by atoms with van der Waals surface area (Å²) in [6.07, 6.45) is 3.64. The minimum absolute atomic E-state index is 0.629. The lowest BCUT2D eigenvalue weighted by Crippen LogP contribution is -2.38. The van der Waals surface area contributed by atoms with Crippen LogP contribution in [0.25, 0.3) is 0 Å². The maximum atomic E-state index is 9.86. The molecule has 0 amide bonds. The first-order chi connectivity index (χ1) is 7.98. The topological polar surface area (TPSA) is 36.4 Å². The largest absolute Gasteiger partial charge is 0.389 e. The van der Waals surface area contributed by atoms with Gasteiger partial charge in [-0.15, -0.1) is 11.3 Å². The minimum atomic E-state index is -0.629. The third-order valence-corrected chi connectivity index (χ3v) is 4.20. The van der Waals surface area contributed by atoms with Gasteiger partial charge in [-0.05, 0) is 39.7 Å². The fourth-order valence-corrected chi connectivity index (χ4v) is 3.53. The van der Waals surface area contributed by atoms with Crippen molar-refractivity contribution in [3.8, 4) is 0 Å². The Bertz CT molecular complexity index is 360. The smallest absolute Gasteiger partial charge is 0.107 e. The van der Waals surface area contributed by atoms with E-state index in [0.717, 1.165) is 19.5 Å². The molecule has 1 aliphatic rings. The highest BCUT2D eigenvalue weighted by Crippen LogP contribution is 2.28. The van der Waals surface area contributed by atoms with Gasteiger partial charge in [0.2, 0.25) is 0 Å². The second-order valence-electron chi connectivity index (χ2n) is 5.45. The molecule has 96 valence electrons. The highest BCUT2D eigenvalue weighted by Gasteiger charge is 2.21. The molecule has 17 heavy (non-hydrogen) atoms. The number of thiazole rings is 1. The van der Waals surface area contributed by atoms with E-state index in [-0.39, 0.29) is 0 Å². The van der Waals surface area contributed by atoms with Crippen LogP contribution in [0.1, 0.15) is 42.8 Å². The summed E-state index contributed by atoms with van der Waals surface area (Å²) in [5.41, 5.74) is 0.694. The summed E-state index contributed by atoms with van der Waals surface area (Å²) in [7, 11) is 0. The monoisotopic (exact) mass is 254 g/mol. The van der Waals surface area contributed by atoms with Gasteiger partial charge >= 0.3 is 0 Å². The molecule has 0 aliphatic heterocycles. The van der Waals surface area contributed by atoms with Crippen LogP contribution in [0.4, 0.5) is 0 Å². The Morgan fingerprint density at radius 2 is 2.18 bits per heavy atom. The average molecular weight is 254 g/mol. The Balaban J connectivity index is 1.98. The first-order valence-electron chi connectivity index (χ1n) is 6.40. The molecule has 1 aliphatic carbocycles. The molecule has 0 bridgehead atoms. The molecule has 0 saturated carbocycles. The van der Waals surface area contributed by atoms with Gasteiger partial charge in [0.05, 0.1) is 17.8 Å². The quantitative estimate of drug-likeness (QED) is 0.875. The number of hydrogen-bond acceptors (Lipinski definition) is 4. The summed E-state index contributed by atoms with van der Waals surface area (Å²) in [6, 6.07) is 0. The fraction of sp³-hybridized carbons (Fsp3) is 0.769. The number of rotatable bonds is 5. The second-order valence-corrected chi connectivity index (χ2v) is 6.61. The van der Waals surface area contributed by atoms with Crippen molar-refractivity contribution in [2.24, 2.45) is 0 Å². The van der Waals surface area contributed by atoms with Crippen molar-refractivity contribution in [2.45, 2.75) is 52.2 Å². The molecule has 1 aromatic rings. The summed E-state index contributed by atoms with van der Waals surface area (Å²) in [5, 5.41) is 11.1. The number of aliphatic hydroxyl groups is 1. The van der Waals surface area contributed by atoms with Crippen molar-refractivity contribution in [1.29, 1.82) is 0 Å². The van der Waals surface area contributed by atoms with Crippen LogP contribution in [0.5, 0.6) is 0 Å². The molecular weight excluding hydrogens is 232 g/mol. The van der Waals surface area contributed by atoms with Crippen LogP contribution in [0.2, 0.25) is 0 Å². The van der Waals surface area contributed by atoms with Crippen LogP contribution >= 0.6 is 11.3 Å². The van der Waals surface area contributed by atoms with Crippen molar-refractivity contribution >= 4 is 11.3 Å². The zero-order valence-corrected chi connectivity index (χ0v) is 11.8. The maximum Gasteiger partial charge on any atom is 0.107 e. The van der Waals surface area contributed by atoms with Gasteiger partial charge in [-0.1, -0.05) is 6.92 Å². The van der Waals surface area contributed by atoms with E-state index in [1.165, 1.54) is 28.4 Å². The number of hydrogen-bond donors (Lipinski definition) is 1. The van der Waals surface area contributed by atoms with Crippen molar-refractivity contribution in [3.63, 3.8) is 0 Å². The van der Waals surface area contributed by atoms with Crippen LogP contribution in [-0.2, 0) is 19.4 Å². The van der Waals surface area contributed by atoms with Crippen LogP contribution < -0.4 is 0 Å². The third-order valence-electron chi connectivity index (χ3n) is 3.06. The van der Waals surface area contributed by atoms with Crippen LogP contribution in [0.15, 0.2) is 0 Å². The van der Waals surface area contributed by atoms with Crippen LogP contribution in [0, 0.1) is 0 Å². The standard InChI is InChI=1S/C13H22N2OS/c1-4-15(9-13(2,3)16)8-12-14-10-6-5-7-11(10)17-12/h16H,4-9H2,1-3H3. The molecule has 0 atom stereocenters. The predicted molar refractivity (Wildman–Crippen MR) is 71.4 cm³/mol. The Morgan fingerprint density at radius 1 is 1.41 bits per heavy atom. The highest BCUT2D eigenvalue weighted by molar-refractivity contribution is 7.11. The third kappa shape index (κ3) is 3.50. The van der Waals surface area contributed by atoms with E-state index in [0.29, 0.717) is 6.54 Å². The van der Waals surface area contributed by atoms with E-state index in [9.17, 15) is 5.11 Å². The minimum Gasteiger partial charge on any atom is -0.389 e. The number of aryl methyl sites for hydroxylation is 2. The lowest BCUT2D eigenvalue weighted by atomic mass is 10.1. The van der Waals surface area contributed by atoms with E-state index in [4.69, 9.17) is 4.98 Å².